The van der Waals surface area contributed by atoms with Gasteiger partial charge in [-0.25, -0.2) is 8.78 Å². The van der Waals surface area contributed by atoms with Crippen LogP contribution in [0.1, 0.15) is 0 Å². The van der Waals surface area contributed by atoms with Crippen LogP contribution in [-0.4, -0.2) is 12.2 Å². The van der Waals surface area contributed by atoms with E-state index < -0.39 is 5.82 Å². The van der Waals surface area contributed by atoms with E-state index in [1.807, 2.05) is 0 Å². The van der Waals surface area contributed by atoms with E-state index in [-0.39, 0.29) is 16.7 Å². The number of anilines is 2. The maximum absolute atomic E-state index is 13.5. The first-order valence-electron chi connectivity index (χ1n) is 5.75. The summed E-state index contributed by atoms with van der Waals surface area (Å²) < 4.78 is 31.3. The maximum Gasteiger partial charge on any atom is 0.175 e. The second-order valence-corrected chi connectivity index (χ2v) is 4.35. The van der Waals surface area contributed by atoms with Gasteiger partial charge < -0.3 is 15.4 Å². The molecule has 0 heterocycles. The second kappa shape index (κ2) is 6.29. The summed E-state index contributed by atoms with van der Waals surface area (Å²) in [6, 6.07) is 10.3. The average molecular weight is 294 g/mol. The van der Waals surface area contributed by atoms with Crippen LogP contribution < -0.4 is 15.4 Å². The highest BCUT2D eigenvalue weighted by atomic mass is 32.1. The van der Waals surface area contributed by atoms with Crippen LogP contribution in [0.3, 0.4) is 0 Å². The van der Waals surface area contributed by atoms with Crippen LogP contribution in [0.4, 0.5) is 20.2 Å². The largest absolute Gasteiger partial charge is 0.494 e. The van der Waals surface area contributed by atoms with Crippen molar-refractivity contribution in [1.29, 1.82) is 0 Å². The van der Waals surface area contributed by atoms with Gasteiger partial charge in [-0.1, -0.05) is 6.07 Å². The summed E-state index contributed by atoms with van der Waals surface area (Å²) in [7, 11) is 1.39. The van der Waals surface area contributed by atoms with Crippen molar-refractivity contribution in [3.05, 3.63) is 54.1 Å². The minimum Gasteiger partial charge on any atom is -0.494 e. The van der Waals surface area contributed by atoms with Crippen LogP contribution in [-0.2, 0) is 0 Å². The Balaban J connectivity index is 2.03. The van der Waals surface area contributed by atoms with Gasteiger partial charge >= 0.3 is 0 Å². The highest BCUT2D eigenvalue weighted by Crippen LogP contribution is 2.20. The van der Waals surface area contributed by atoms with Crippen LogP contribution in [0.15, 0.2) is 42.5 Å². The van der Waals surface area contributed by atoms with Crippen LogP contribution in [0.25, 0.3) is 0 Å². The zero-order valence-electron chi connectivity index (χ0n) is 10.6. The van der Waals surface area contributed by atoms with Crippen molar-refractivity contribution in [3.63, 3.8) is 0 Å². The van der Waals surface area contributed by atoms with Crippen molar-refractivity contribution in [2.24, 2.45) is 0 Å². The van der Waals surface area contributed by atoms with E-state index in [9.17, 15) is 8.78 Å². The lowest BCUT2D eigenvalue weighted by Gasteiger charge is -2.11. The Morgan fingerprint density at radius 1 is 1.05 bits per heavy atom. The molecule has 0 aliphatic rings. The first-order valence-corrected chi connectivity index (χ1v) is 6.16. The SMILES string of the molecule is COc1ccc(NC(=S)Nc2cccc(F)c2)cc1F. The van der Waals surface area contributed by atoms with E-state index in [0.29, 0.717) is 11.4 Å². The Hall–Kier alpha value is -2.21. The summed E-state index contributed by atoms with van der Waals surface area (Å²) in [6.45, 7) is 0. The molecular weight excluding hydrogens is 282 g/mol. The minimum atomic E-state index is -0.494. The predicted molar refractivity (Wildman–Crippen MR) is 79.2 cm³/mol. The third-order valence-electron chi connectivity index (χ3n) is 2.49. The van der Waals surface area contributed by atoms with Gasteiger partial charge in [-0.3, -0.25) is 0 Å². The molecule has 0 fully saturated rings. The Bertz CT molecular complexity index is 634. The molecule has 0 aliphatic heterocycles. The van der Waals surface area contributed by atoms with Gasteiger partial charge in [0.15, 0.2) is 16.7 Å². The molecule has 20 heavy (non-hydrogen) atoms. The molecular formula is C14H12F2N2OS. The molecule has 0 atom stereocenters. The Labute approximate surface area is 120 Å². The van der Waals surface area contributed by atoms with Gasteiger partial charge in [0.05, 0.1) is 7.11 Å². The van der Waals surface area contributed by atoms with E-state index in [1.54, 1.807) is 18.2 Å². The van der Waals surface area contributed by atoms with Crippen molar-refractivity contribution in [2.75, 3.05) is 17.7 Å². The predicted octanol–water partition coefficient (Wildman–Crippen LogP) is 3.78. The molecule has 104 valence electrons. The summed E-state index contributed by atoms with van der Waals surface area (Å²) in [5.41, 5.74) is 0.980. The van der Waals surface area contributed by atoms with Crippen molar-refractivity contribution in [2.45, 2.75) is 0 Å². The highest BCUT2D eigenvalue weighted by Gasteiger charge is 2.05. The zero-order valence-corrected chi connectivity index (χ0v) is 11.4. The van der Waals surface area contributed by atoms with Crippen molar-refractivity contribution < 1.29 is 13.5 Å². The van der Waals surface area contributed by atoms with Crippen LogP contribution in [0.2, 0.25) is 0 Å². The number of nitrogens with one attached hydrogen (secondary N) is 2. The maximum atomic E-state index is 13.5. The van der Waals surface area contributed by atoms with Gasteiger partial charge in [0, 0.05) is 17.4 Å². The van der Waals surface area contributed by atoms with Gasteiger partial charge in [-0.2, -0.15) is 0 Å². The monoisotopic (exact) mass is 294 g/mol. The quantitative estimate of drug-likeness (QED) is 0.844. The summed E-state index contributed by atoms with van der Waals surface area (Å²) in [5.74, 6) is -0.709. The number of rotatable bonds is 3. The molecule has 2 rings (SSSR count). The third kappa shape index (κ3) is 3.64. The molecule has 2 aromatic rings. The van der Waals surface area contributed by atoms with Crippen LogP contribution in [0.5, 0.6) is 5.75 Å². The van der Waals surface area contributed by atoms with E-state index in [2.05, 4.69) is 10.6 Å². The highest BCUT2D eigenvalue weighted by molar-refractivity contribution is 7.80. The number of ether oxygens (including phenoxy) is 1. The normalized spacial score (nSPS) is 9.95. The first kappa shape index (κ1) is 14.2. The third-order valence-corrected chi connectivity index (χ3v) is 2.70. The number of hydrogen-bond acceptors (Lipinski definition) is 2. The molecule has 0 amide bonds. The number of thiocarbonyl (C=S) groups is 1. The lowest BCUT2D eigenvalue weighted by Crippen LogP contribution is -2.19. The fourth-order valence-corrected chi connectivity index (χ4v) is 1.84. The van der Waals surface area contributed by atoms with Gasteiger partial charge in [-0.15, -0.1) is 0 Å². The van der Waals surface area contributed by atoms with Crippen molar-refractivity contribution in [1.82, 2.24) is 0 Å². The number of benzene rings is 2. The first-order chi connectivity index (χ1) is 9.58. The summed E-state index contributed by atoms with van der Waals surface area (Å²) >= 11 is 5.07. The number of hydrogen-bond donors (Lipinski definition) is 2. The average Bonchev–Trinajstić information content (AvgIpc) is 2.38. The van der Waals surface area contributed by atoms with Crippen LogP contribution >= 0.6 is 12.2 Å². The summed E-state index contributed by atoms with van der Waals surface area (Å²) in [5, 5.41) is 5.85. The Morgan fingerprint density at radius 2 is 1.75 bits per heavy atom. The molecule has 6 heteroatoms. The molecule has 0 saturated heterocycles. The van der Waals surface area contributed by atoms with Gasteiger partial charge in [0.2, 0.25) is 0 Å². The smallest absolute Gasteiger partial charge is 0.175 e. The van der Waals surface area contributed by atoms with Crippen molar-refractivity contribution in [3.8, 4) is 5.75 Å². The lowest BCUT2D eigenvalue weighted by atomic mass is 10.3. The summed E-state index contributed by atoms with van der Waals surface area (Å²) in [6.07, 6.45) is 0. The van der Waals surface area contributed by atoms with E-state index in [0.717, 1.165) is 0 Å². The Kier molecular flexibility index (Phi) is 4.47. The topological polar surface area (TPSA) is 33.3 Å². The molecule has 0 spiro atoms. The molecule has 2 aromatic carbocycles. The molecule has 0 aliphatic carbocycles. The van der Waals surface area contributed by atoms with E-state index in [4.69, 9.17) is 17.0 Å². The minimum absolute atomic E-state index is 0.152. The number of halogens is 2. The van der Waals surface area contributed by atoms with Gasteiger partial charge in [0.25, 0.3) is 0 Å². The fourth-order valence-electron chi connectivity index (χ4n) is 1.60. The van der Waals surface area contributed by atoms with E-state index in [1.165, 1.54) is 31.4 Å². The van der Waals surface area contributed by atoms with Crippen molar-refractivity contribution >= 4 is 28.7 Å². The standard InChI is InChI=1S/C14H12F2N2OS/c1-19-13-6-5-11(8-12(13)16)18-14(20)17-10-4-2-3-9(15)7-10/h2-8H,1H3,(H2,17,18,20). The van der Waals surface area contributed by atoms with Crippen LogP contribution in [0, 0.1) is 11.6 Å². The fraction of sp³-hybridized carbons (Fsp3) is 0.0714. The van der Waals surface area contributed by atoms with Gasteiger partial charge in [0.1, 0.15) is 5.82 Å². The molecule has 0 radical (unpaired) electrons. The van der Waals surface area contributed by atoms with Gasteiger partial charge in [-0.05, 0) is 42.5 Å². The molecule has 0 unspecified atom stereocenters. The summed E-state index contributed by atoms with van der Waals surface area (Å²) in [4.78, 5) is 0. The Morgan fingerprint density at radius 3 is 2.35 bits per heavy atom. The van der Waals surface area contributed by atoms with E-state index >= 15 is 0 Å². The molecule has 2 N–H and O–H groups in total. The molecule has 0 aromatic heterocycles. The molecule has 0 saturated carbocycles. The number of methoxy groups -OCH3 is 1. The second-order valence-electron chi connectivity index (χ2n) is 3.94. The molecule has 3 nitrogen and oxygen atoms in total. The lowest BCUT2D eigenvalue weighted by molar-refractivity contribution is 0.387. The zero-order chi connectivity index (χ0) is 14.5. The molecule has 0 bridgehead atoms.